The summed E-state index contributed by atoms with van der Waals surface area (Å²) < 4.78 is 6.29. The Morgan fingerprint density at radius 2 is 1.97 bits per heavy atom. The zero-order chi connectivity index (χ0) is 20.2. The Balaban J connectivity index is 1.22. The molecule has 3 aliphatic rings. The number of nitrogens with one attached hydrogen (secondary N) is 2. The molecule has 0 spiro atoms. The van der Waals surface area contributed by atoms with Crippen molar-refractivity contribution in [2.45, 2.75) is 76.7 Å². The summed E-state index contributed by atoms with van der Waals surface area (Å²) in [5.74, 6) is 0.459. The van der Waals surface area contributed by atoms with Gasteiger partial charge in [0.2, 0.25) is 0 Å². The summed E-state index contributed by atoms with van der Waals surface area (Å²) in [5, 5.41) is 11.0. The highest BCUT2D eigenvalue weighted by atomic mass is 16.5. The van der Waals surface area contributed by atoms with Gasteiger partial charge in [-0.15, -0.1) is 0 Å². The molecule has 1 aromatic carbocycles. The van der Waals surface area contributed by atoms with E-state index in [1.807, 2.05) is 0 Å². The molecular formula is C23H34N4O2. The fourth-order valence-electron chi connectivity index (χ4n) is 5.15. The highest BCUT2D eigenvalue weighted by molar-refractivity contribution is 5.96. The number of amidine groups is 1. The Hall–Kier alpha value is -1.92. The lowest BCUT2D eigenvalue weighted by Gasteiger charge is -2.39. The number of carbonyl (C=O) groups is 1. The molecule has 0 aliphatic carbocycles. The number of aryl methyl sites for hydroxylation is 1. The summed E-state index contributed by atoms with van der Waals surface area (Å²) in [5.41, 5.74) is 2.58. The van der Waals surface area contributed by atoms with Crippen LogP contribution in [-0.4, -0.2) is 59.5 Å². The molecule has 3 aliphatic heterocycles. The van der Waals surface area contributed by atoms with Crippen molar-refractivity contribution < 1.29 is 9.53 Å². The number of ether oxygens (including phenoxy) is 1. The van der Waals surface area contributed by atoms with Crippen LogP contribution in [0.25, 0.3) is 0 Å². The van der Waals surface area contributed by atoms with Gasteiger partial charge in [0.1, 0.15) is 5.84 Å². The van der Waals surface area contributed by atoms with Gasteiger partial charge in [0, 0.05) is 38.1 Å². The number of amides is 2. The second-order valence-corrected chi connectivity index (χ2v) is 8.74. The van der Waals surface area contributed by atoms with E-state index in [4.69, 9.17) is 10.1 Å². The highest BCUT2D eigenvalue weighted by Gasteiger charge is 2.40. The maximum Gasteiger partial charge on any atom is 0.322 e. The molecule has 0 radical (unpaired) electrons. The number of rotatable bonds is 6. The van der Waals surface area contributed by atoms with Gasteiger partial charge in [-0.25, -0.2) is 4.79 Å². The van der Waals surface area contributed by atoms with E-state index in [0.29, 0.717) is 50.1 Å². The van der Waals surface area contributed by atoms with Gasteiger partial charge in [0.05, 0.1) is 12.7 Å². The molecule has 4 rings (SSSR count). The van der Waals surface area contributed by atoms with Gasteiger partial charge in [-0.2, -0.15) is 0 Å². The smallest absolute Gasteiger partial charge is 0.322 e. The van der Waals surface area contributed by atoms with Gasteiger partial charge in [-0.3, -0.25) is 15.2 Å². The zero-order valence-corrected chi connectivity index (χ0v) is 17.5. The molecule has 2 bridgehead atoms. The average Bonchev–Trinajstić information content (AvgIpc) is 2.95. The lowest BCUT2D eigenvalue weighted by Crippen LogP contribution is -2.50. The molecule has 29 heavy (non-hydrogen) atoms. The summed E-state index contributed by atoms with van der Waals surface area (Å²) in [7, 11) is 0. The fraction of sp³-hybridized carbons (Fsp3) is 0.652. The summed E-state index contributed by atoms with van der Waals surface area (Å²) in [6.07, 6.45) is 7.72. The van der Waals surface area contributed by atoms with Gasteiger partial charge in [-0.05, 0) is 56.6 Å². The van der Waals surface area contributed by atoms with Crippen LogP contribution >= 0.6 is 0 Å². The van der Waals surface area contributed by atoms with Crippen LogP contribution in [0.5, 0.6) is 0 Å². The van der Waals surface area contributed by atoms with E-state index < -0.39 is 0 Å². The monoisotopic (exact) mass is 398 g/mol. The third-order valence-corrected chi connectivity index (χ3v) is 6.84. The normalized spacial score (nSPS) is 27.3. The number of nitrogens with zero attached hydrogens (tertiary/aromatic N) is 2. The van der Waals surface area contributed by atoms with Crippen molar-refractivity contribution in [2.75, 3.05) is 19.6 Å². The largest absolute Gasteiger partial charge is 0.373 e. The second-order valence-electron chi connectivity index (χ2n) is 8.74. The molecule has 3 saturated heterocycles. The first-order chi connectivity index (χ1) is 14.1. The summed E-state index contributed by atoms with van der Waals surface area (Å²) in [4.78, 5) is 16.5. The minimum Gasteiger partial charge on any atom is -0.373 e. The van der Waals surface area contributed by atoms with E-state index in [1.54, 1.807) is 4.90 Å². The topological polar surface area (TPSA) is 68.7 Å². The maximum atomic E-state index is 12.4. The molecule has 158 valence electrons. The third kappa shape index (κ3) is 4.81. The number of fused-ring (bicyclic) bond motifs is 2. The number of carbonyl (C=O) groups excluding carboxylic acids is 1. The van der Waals surface area contributed by atoms with Crippen molar-refractivity contribution in [1.29, 1.82) is 5.41 Å². The standard InChI is InChI=1S/C23H34N4O2/c1-17-6-2-3-7-18(17)16-29-21-14-19-9-10-20(15-21)26(19)13-11-25-23(28)27-12-5-4-8-22(27)24/h2-3,6-7,19-21,24H,4-5,8-16H2,1H3,(H,25,28). The van der Waals surface area contributed by atoms with Crippen LogP contribution in [0.15, 0.2) is 24.3 Å². The molecule has 6 heteroatoms. The van der Waals surface area contributed by atoms with E-state index in [1.165, 1.54) is 24.0 Å². The lowest BCUT2D eigenvalue weighted by atomic mass is 9.99. The molecule has 2 N–H and O–H groups in total. The molecule has 3 heterocycles. The van der Waals surface area contributed by atoms with Crippen molar-refractivity contribution in [3.63, 3.8) is 0 Å². The third-order valence-electron chi connectivity index (χ3n) is 6.84. The summed E-state index contributed by atoms with van der Waals surface area (Å²) >= 11 is 0. The first-order valence-corrected chi connectivity index (χ1v) is 11.2. The molecule has 6 nitrogen and oxygen atoms in total. The Bertz CT molecular complexity index is 723. The minimum atomic E-state index is -0.0986. The van der Waals surface area contributed by atoms with E-state index in [0.717, 1.165) is 32.2 Å². The Morgan fingerprint density at radius 1 is 1.21 bits per heavy atom. The number of hydrogen-bond donors (Lipinski definition) is 2. The summed E-state index contributed by atoms with van der Waals surface area (Å²) in [6, 6.07) is 9.50. The second kappa shape index (κ2) is 9.26. The average molecular weight is 399 g/mol. The van der Waals surface area contributed by atoms with Gasteiger partial charge in [-0.1, -0.05) is 24.3 Å². The van der Waals surface area contributed by atoms with Crippen LogP contribution in [0.2, 0.25) is 0 Å². The van der Waals surface area contributed by atoms with Crippen molar-refractivity contribution in [3.05, 3.63) is 35.4 Å². The maximum absolute atomic E-state index is 12.4. The molecular weight excluding hydrogens is 364 g/mol. The molecule has 2 amide bonds. The van der Waals surface area contributed by atoms with E-state index >= 15 is 0 Å². The van der Waals surface area contributed by atoms with Gasteiger partial charge < -0.3 is 10.1 Å². The minimum absolute atomic E-state index is 0.0986. The zero-order valence-electron chi connectivity index (χ0n) is 17.5. The van der Waals surface area contributed by atoms with Gasteiger partial charge >= 0.3 is 6.03 Å². The predicted molar refractivity (Wildman–Crippen MR) is 114 cm³/mol. The van der Waals surface area contributed by atoms with Crippen molar-refractivity contribution in [1.82, 2.24) is 15.1 Å². The Morgan fingerprint density at radius 3 is 2.69 bits per heavy atom. The molecule has 0 aromatic heterocycles. The molecule has 2 unspecified atom stereocenters. The van der Waals surface area contributed by atoms with Crippen LogP contribution in [0.3, 0.4) is 0 Å². The van der Waals surface area contributed by atoms with Crippen molar-refractivity contribution in [3.8, 4) is 0 Å². The van der Waals surface area contributed by atoms with E-state index in [2.05, 4.69) is 41.4 Å². The van der Waals surface area contributed by atoms with Crippen LogP contribution in [0.1, 0.15) is 56.1 Å². The number of likely N-dealkylation sites (tertiary alicyclic amines) is 1. The van der Waals surface area contributed by atoms with E-state index in [9.17, 15) is 4.79 Å². The molecule has 0 saturated carbocycles. The molecule has 1 aromatic rings. The Labute approximate surface area is 174 Å². The number of urea groups is 1. The number of hydrogen-bond acceptors (Lipinski definition) is 4. The van der Waals surface area contributed by atoms with Crippen molar-refractivity contribution >= 4 is 11.9 Å². The van der Waals surface area contributed by atoms with Crippen LogP contribution in [-0.2, 0) is 11.3 Å². The lowest BCUT2D eigenvalue weighted by molar-refractivity contribution is -0.0277. The Kier molecular flexibility index (Phi) is 6.50. The molecule has 3 fully saturated rings. The van der Waals surface area contributed by atoms with E-state index in [-0.39, 0.29) is 6.03 Å². The fourth-order valence-corrected chi connectivity index (χ4v) is 5.15. The first-order valence-electron chi connectivity index (χ1n) is 11.2. The number of piperidine rings is 2. The SMILES string of the molecule is Cc1ccccc1COC1CC2CCC(C1)N2CCNC(=O)N1CCCCC1=N. The number of benzene rings is 1. The summed E-state index contributed by atoms with van der Waals surface area (Å²) in [6.45, 7) is 5.08. The first kappa shape index (κ1) is 20.4. The van der Waals surface area contributed by atoms with Gasteiger partial charge in [0.15, 0.2) is 0 Å². The highest BCUT2D eigenvalue weighted by Crippen LogP contribution is 2.36. The van der Waals surface area contributed by atoms with Crippen LogP contribution < -0.4 is 5.32 Å². The molecule has 2 atom stereocenters. The van der Waals surface area contributed by atoms with Crippen LogP contribution in [0.4, 0.5) is 4.79 Å². The quantitative estimate of drug-likeness (QED) is 0.768. The van der Waals surface area contributed by atoms with Crippen LogP contribution in [0, 0.1) is 12.3 Å². The van der Waals surface area contributed by atoms with Gasteiger partial charge in [0.25, 0.3) is 0 Å². The predicted octanol–water partition coefficient (Wildman–Crippen LogP) is 3.68. The van der Waals surface area contributed by atoms with Crippen molar-refractivity contribution in [2.24, 2.45) is 0 Å².